The van der Waals surface area contributed by atoms with Gasteiger partial charge in [-0.2, -0.15) is 0 Å². The first kappa shape index (κ1) is 25.2. The van der Waals surface area contributed by atoms with Crippen molar-refractivity contribution in [1.29, 1.82) is 0 Å². The van der Waals surface area contributed by atoms with Crippen LogP contribution < -0.4 is 9.62 Å². The van der Waals surface area contributed by atoms with Crippen molar-refractivity contribution in [2.75, 3.05) is 17.1 Å². The fourth-order valence-corrected chi connectivity index (χ4v) is 5.58. The summed E-state index contributed by atoms with van der Waals surface area (Å²) in [6.07, 6.45) is 1.12. The van der Waals surface area contributed by atoms with Crippen LogP contribution >= 0.6 is 22.6 Å². The first-order valence-corrected chi connectivity index (χ1v) is 14.3. The molecule has 1 amide bonds. The Hall–Kier alpha value is -2.44. The van der Waals surface area contributed by atoms with Gasteiger partial charge in [0.1, 0.15) is 6.54 Å². The molecule has 10 heteroatoms. The van der Waals surface area contributed by atoms with Crippen molar-refractivity contribution >= 4 is 54.0 Å². The van der Waals surface area contributed by atoms with Crippen LogP contribution in [0.2, 0.25) is 0 Å². The Balaban J connectivity index is 1.84. The lowest BCUT2D eigenvalue weighted by molar-refractivity contribution is -0.120. The van der Waals surface area contributed by atoms with Crippen molar-refractivity contribution in [3.63, 3.8) is 0 Å². The van der Waals surface area contributed by atoms with Gasteiger partial charge in [0.05, 0.1) is 21.5 Å². The minimum Gasteiger partial charge on any atom is -0.348 e. The second-order valence-electron chi connectivity index (χ2n) is 7.43. The van der Waals surface area contributed by atoms with Crippen LogP contribution in [0.3, 0.4) is 0 Å². The van der Waals surface area contributed by atoms with Gasteiger partial charge in [0.15, 0.2) is 9.84 Å². The summed E-state index contributed by atoms with van der Waals surface area (Å²) in [6.45, 7) is 1.33. The number of amides is 1. The molecule has 1 unspecified atom stereocenters. The number of sulfone groups is 1. The Kier molecular flexibility index (Phi) is 7.80. The van der Waals surface area contributed by atoms with E-state index in [2.05, 4.69) is 27.9 Å². The number of anilines is 1. The Morgan fingerprint density at radius 2 is 1.45 bits per heavy atom. The van der Waals surface area contributed by atoms with E-state index in [0.29, 0.717) is 11.3 Å². The van der Waals surface area contributed by atoms with Crippen LogP contribution in [0, 0.1) is 3.57 Å². The maximum Gasteiger partial charge on any atom is 0.264 e. The fraction of sp³-hybridized carbons (Fsp3) is 0.174. The average Bonchev–Trinajstić information content (AvgIpc) is 2.78. The van der Waals surface area contributed by atoms with Crippen molar-refractivity contribution < 1.29 is 21.6 Å². The molecule has 0 aromatic heterocycles. The molecule has 1 atom stereocenters. The van der Waals surface area contributed by atoms with Crippen molar-refractivity contribution in [3.05, 3.63) is 88.0 Å². The van der Waals surface area contributed by atoms with E-state index < -0.39 is 38.4 Å². The molecule has 0 radical (unpaired) electrons. The zero-order chi connectivity index (χ0) is 24.2. The second-order valence-corrected chi connectivity index (χ2v) is 12.6. The fourth-order valence-electron chi connectivity index (χ4n) is 3.15. The van der Waals surface area contributed by atoms with Gasteiger partial charge < -0.3 is 5.32 Å². The van der Waals surface area contributed by atoms with E-state index in [0.717, 1.165) is 14.1 Å². The molecule has 0 spiro atoms. The highest BCUT2D eigenvalue weighted by atomic mass is 127. The largest absolute Gasteiger partial charge is 0.348 e. The molecule has 1 N–H and O–H groups in total. The third kappa shape index (κ3) is 6.33. The molecule has 3 aromatic carbocycles. The molecule has 0 aliphatic rings. The summed E-state index contributed by atoms with van der Waals surface area (Å²) in [5, 5.41) is 2.79. The first-order valence-electron chi connectivity index (χ1n) is 9.91. The van der Waals surface area contributed by atoms with E-state index in [4.69, 9.17) is 0 Å². The van der Waals surface area contributed by atoms with Gasteiger partial charge in [-0.05, 0) is 83.6 Å². The van der Waals surface area contributed by atoms with Gasteiger partial charge in [0, 0.05) is 9.83 Å². The van der Waals surface area contributed by atoms with E-state index in [1.54, 1.807) is 61.5 Å². The van der Waals surface area contributed by atoms with Gasteiger partial charge in [-0.25, -0.2) is 16.8 Å². The number of hydrogen-bond acceptors (Lipinski definition) is 5. The van der Waals surface area contributed by atoms with Gasteiger partial charge in [-0.15, -0.1) is 0 Å². The highest BCUT2D eigenvalue weighted by molar-refractivity contribution is 14.1. The van der Waals surface area contributed by atoms with E-state index in [-0.39, 0.29) is 9.79 Å². The molecule has 0 saturated carbocycles. The van der Waals surface area contributed by atoms with Crippen molar-refractivity contribution in [1.82, 2.24) is 5.32 Å². The van der Waals surface area contributed by atoms with Gasteiger partial charge >= 0.3 is 0 Å². The van der Waals surface area contributed by atoms with Crippen LogP contribution in [0.15, 0.2) is 88.7 Å². The van der Waals surface area contributed by atoms with Crippen LogP contribution in [0.5, 0.6) is 0 Å². The molecule has 0 bridgehead atoms. The molecule has 33 heavy (non-hydrogen) atoms. The van der Waals surface area contributed by atoms with Crippen molar-refractivity contribution in [2.24, 2.45) is 0 Å². The third-order valence-electron chi connectivity index (χ3n) is 4.92. The summed E-state index contributed by atoms with van der Waals surface area (Å²) in [4.78, 5) is 13.1. The maximum atomic E-state index is 13.3. The number of halogens is 1. The summed E-state index contributed by atoms with van der Waals surface area (Å²) in [6, 6.07) is 20.5. The number of benzene rings is 3. The Bertz CT molecular complexity index is 1330. The zero-order valence-corrected chi connectivity index (χ0v) is 21.8. The quantitative estimate of drug-likeness (QED) is 0.398. The Morgan fingerprint density at radius 1 is 0.879 bits per heavy atom. The molecule has 0 fully saturated rings. The summed E-state index contributed by atoms with van der Waals surface area (Å²) in [5.41, 5.74) is 1.07. The second kappa shape index (κ2) is 10.2. The van der Waals surface area contributed by atoms with Gasteiger partial charge in [0.2, 0.25) is 5.91 Å². The summed E-state index contributed by atoms with van der Waals surface area (Å²) in [7, 11) is -7.30. The molecule has 174 valence electrons. The number of nitrogens with one attached hydrogen (secondary N) is 1. The minimum atomic E-state index is -3.98. The highest BCUT2D eigenvalue weighted by Gasteiger charge is 2.27. The van der Waals surface area contributed by atoms with Crippen LogP contribution in [-0.2, 0) is 24.7 Å². The zero-order valence-electron chi connectivity index (χ0n) is 18.0. The van der Waals surface area contributed by atoms with Gasteiger partial charge in [-0.3, -0.25) is 9.10 Å². The van der Waals surface area contributed by atoms with E-state index in [1.165, 1.54) is 24.3 Å². The SMILES string of the molecule is CC(NC(=O)CN(c1ccc(I)cc1)S(=O)(=O)c1ccccc1)c1ccc(S(C)(=O)=O)cc1. The third-order valence-corrected chi connectivity index (χ3v) is 8.55. The minimum absolute atomic E-state index is 0.0840. The number of nitrogens with zero attached hydrogens (tertiary/aromatic N) is 1. The molecule has 0 saturated heterocycles. The molecule has 3 rings (SSSR count). The summed E-state index contributed by atoms with van der Waals surface area (Å²) < 4.78 is 52.0. The molecular weight excluding hydrogens is 575 g/mol. The van der Waals surface area contributed by atoms with Crippen molar-refractivity contribution in [2.45, 2.75) is 22.8 Å². The van der Waals surface area contributed by atoms with E-state index in [1.807, 2.05) is 0 Å². The Morgan fingerprint density at radius 3 is 2.00 bits per heavy atom. The number of carbonyl (C=O) groups is 1. The van der Waals surface area contributed by atoms with Crippen LogP contribution in [0.4, 0.5) is 5.69 Å². The Labute approximate surface area is 207 Å². The van der Waals surface area contributed by atoms with Crippen LogP contribution in [0.25, 0.3) is 0 Å². The highest BCUT2D eigenvalue weighted by Crippen LogP contribution is 2.25. The monoisotopic (exact) mass is 598 g/mol. The molecule has 0 heterocycles. The number of sulfonamides is 1. The lowest BCUT2D eigenvalue weighted by Gasteiger charge is -2.25. The molecular formula is C23H23IN2O5S2. The molecule has 0 aliphatic carbocycles. The molecule has 0 aliphatic heterocycles. The molecule has 3 aromatic rings. The lowest BCUT2D eigenvalue weighted by atomic mass is 10.1. The lowest BCUT2D eigenvalue weighted by Crippen LogP contribution is -2.41. The standard InChI is InChI=1S/C23H23IN2O5S2/c1-17(18-8-14-21(15-9-18)32(2,28)29)25-23(27)16-26(20-12-10-19(24)11-13-20)33(30,31)22-6-4-3-5-7-22/h3-15,17H,16H2,1-2H3,(H,25,27). The normalized spacial score (nSPS) is 12.7. The number of carbonyl (C=O) groups excluding carboxylic acids is 1. The number of hydrogen-bond donors (Lipinski definition) is 1. The van der Waals surface area contributed by atoms with Gasteiger partial charge in [-0.1, -0.05) is 30.3 Å². The maximum absolute atomic E-state index is 13.3. The van der Waals surface area contributed by atoms with E-state index >= 15 is 0 Å². The smallest absolute Gasteiger partial charge is 0.264 e. The van der Waals surface area contributed by atoms with Crippen LogP contribution in [-0.4, -0.2) is 35.5 Å². The van der Waals surface area contributed by atoms with Crippen molar-refractivity contribution in [3.8, 4) is 0 Å². The van der Waals surface area contributed by atoms with Gasteiger partial charge in [0.25, 0.3) is 10.0 Å². The predicted octanol–water partition coefficient (Wildman–Crippen LogP) is 3.77. The van der Waals surface area contributed by atoms with Crippen LogP contribution in [0.1, 0.15) is 18.5 Å². The average molecular weight is 598 g/mol. The predicted molar refractivity (Wildman–Crippen MR) is 136 cm³/mol. The summed E-state index contributed by atoms with van der Waals surface area (Å²) in [5.74, 6) is -0.493. The topological polar surface area (TPSA) is 101 Å². The van der Waals surface area contributed by atoms with E-state index in [9.17, 15) is 21.6 Å². The molecule has 7 nitrogen and oxygen atoms in total. The summed E-state index contributed by atoms with van der Waals surface area (Å²) >= 11 is 2.12. The first-order chi connectivity index (χ1) is 15.5. The number of rotatable bonds is 8.